The molecule has 0 aliphatic carbocycles. The fourth-order valence-electron chi connectivity index (χ4n) is 2.51. The number of nitrogens with zero attached hydrogens (tertiary/aromatic N) is 2. The number of hydrogen-bond acceptors (Lipinski definition) is 3. The van der Waals surface area contributed by atoms with Gasteiger partial charge in [0.1, 0.15) is 0 Å². The topological polar surface area (TPSA) is 15.6 Å². The molecule has 0 amide bonds. The Morgan fingerprint density at radius 3 is 2.05 bits per heavy atom. The van der Waals surface area contributed by atoms with Gasteiger partial charge in [-0.1, -0.05) is 36.4 Å². The van der Waals surface area contributed by atoms with Crippen LogP contribution < -0.4 is 5.36 Å². The van der Waals surface area contributed by atoms with Crippen molar-refractivity contribution in [2.24, 2.45) is 4.99 Å². The molecule has 0 unspecified atom stereocenters. The summed E-state index contributed by atoms with van der Waals surface area (Å²) in [7, 11) is 4.21. The second-order valence-corrected chi connectivity index (χ2v) is 6.57. The van der Waals surface area contributed by atoms with Gasteiger partial charge in [0, 0.05) is 26.7 Å². The first-order valence-corrected chi connectivity index (χ1v) is 8.13. The average Bonchev–Trinajstić information content (AvgIpc) is 2.50. The van der Waals surface area contributed by atoms with E-state index in [1.807, 2.05) is 11.3 Å². The highest BCUT2D eigenvalue weighted by molar-refractivity contribution is 7.24. The predicted molar refractivity (Wildman–Crippen MR) is 92.9 cm³/mol. The summed E-state index contributed by atoms with van der Waals surface area (Å²) in [6.07, 6.45) is 1.09. The Morgan fingerprint density at radius 2 is 1.48 bits per heavy atom. The zero-order valence-electron chi connectivity index (χ0n) is 12.5. The Kier molecular flexibility index (Phi) is 4.32. The summed E-state index contributed by atoms with van der Waals surface area (Å²) in [5, 5.41) is 3.69. The molecule has 21 heavy (non-hydrogen) atoms. The van der Waals surface area contributed by atoms with Gasteiger partial charge in [-0.15, -0.1) is 11.3 Å². The zero-order chi connectivity index (χ0) is 14.7. The second kappa shape index (κ2) is 6.37. The third kappa shape index (κ3) is 3.14. The molecule has 0 saturated carbocycles. The van der Waals surface area contributed by atoms with E-state index in [2.05, 4.69) is 67.5 Å². The van der Waals surface area contributed by atoms with Gasteiger partial charge in [-0.05, 0) is 39.2 Å². The highest BCUT2D eigenvalue weighted by Crippen LogP contribution is 2.24. The lowest BCUT2D eigenvalue weighted by molar-refractivity contribution is 0.403. The number of fused-ring (bicyclic) bond motifs is 2. The van der Waals surface area contributed by atoms with E-state index in [1.54, 1.807) is 0 Å². The molecule has 3 rings (SSSR count). The number of rotatable bonds is 4. The highest BCUT2D eigenvalue weighted by atomic mass is 32.1. The first-order valence-electron chi connectivity index (χ1n) is 7.31. The van der Waals surface area contributed by atoms with E-state index in [-0.39, 0.29) is 0 Å². The lowest BCUT2D eigenvalue weighted by Gasteiger charge is -2.07. The molecule has 2 aromatic carbocycles. The first kappa shape index (κ1) is 14.2. The van der Waals surface area contributed by atoms with Crippen LogP contribution in [-0.4, -0.2) is 32.1 Å². The van der Waals surface area contributed by atoms with Crippen molar-refractivity contribution in [2.75, 3.05) is 27.2 Å². The summed E-state index contributed by atoms with van der Waals surface area (Å²) in [6.45, 7) is 1.95. The average molecular weight is 296 g/mol. The van der Waals surface area contributed by atoms with Gasteiger partial charge in [-0.25, -0.2) is 0 Å². The van der Waals surface area contributed by atoms with Crippen LogP contribution in [0.3, 0.4) is 0 Å². The standard InChI is InChI=1S/C18H20N2S/c1-20(2)13-7-12-19-18-14-8-3-5-10-16(14)21-17-11-6-4-9-15(17)18/h3-6,8-11H,7,12-13H2,1-2H3. The van der Waals surface area contributed by atoms with Crippen LogP contribution in [0.4, 0.5) is 0 Å². The van der Waals surface area contributed by atoms with E-state index in [1.165, 1.54) is 20.2 Å². The minimum Gasteiger partial charge on any atom is -0.309 e. The summed E-state index contributed by atoms with van der Waals surface area (Å²) in [5.74, 6) is 0. The molecule has 3 heteroatoms. The molecule has 0 bridgehead atoms. The van der Waals surface area contributed by atoms with Crippen LogP contribution >= 0.6 is 11.3 Å². The summed E-state index contributed by atoms with van der Waals surface area (Å²) >= 11 is 1.84. The minimum absolute atomic E-state index is 0.876. The van der Waals surface area contributed by atoms with Crippen LogP contribution in [0.2, 0.25) is 0 Å². The van der Waals surface area contributed by atoms with E-state index in [0.29, 0.717) is 0 Å². The quantitative estimate of drug-likeness (QED) is 0.526. The molecule has 1 heterocycles. The molecular formula is C18H20N2S. The zero-order valence-corrected chi connectivity index (χ0v) is 13.4. The van der Waals surface area contributed by atoms with Gasteiger partial charge in [-0.3, -0.25) is 4.99 Å². The molecule has 0 N–H and O–H groups in total. The normalized spacial score (nSPS) is 11.4. The monoisotopic (exact) mass is 296 g/mol. The van der Waals surface area contributed by atoms with Crippen molar-refractivity contribution in [1.29, 1.82) is 0 Å². The maximum Gasteiger partial charge on any atom is 0.0747 e. The molecule has 2 nitrogen and oxygen atoms in total. The van der Waals surface area contributed by atoms with Crippen LogP contribution in [0.1, 0.15) is 6.42 Å². The summed E-state index contributed by atoms with van der Waals surface area (Å²) < 4.78 is 2.62. The minimum atomic E-state index is 0.876. The van der Waals surface area contributed by atoms with Gasteiger partial charge in [0.2, 0.25) is 0 Å². The van der Waals surface area contributed by atoms with Gasteiger partial charge in [-0.2, -0.15) is 0 Å². The Morgan fingerprint density at radius 1 is 0.905 bits per heavy atom. The highest BCUT2D eigenvalue weighted by Gasteiger charge is 2.03. The van der Waals surface area contributed by atoms with Crippen molar-refractivity contribution in [3.8, 4) is 0 Å². The molecule has 0 aliphatic heterocycles. The first-order chi connectivity index (χ1) is 10.3. The van der Waals surface area contributed by atoms with Gasteiger partial charge < -0.3 is 4.90 Å². The third-order valence-electron chi connectivity index (χ3n) is 3.54. The Bertz CT molecular complexity index is 761. The smallest absolute Gasteiger partial charge is 0.0747 e. The van der Waals surface area contributed by atoms with Gasteiger partial charge in [0.25, 0.3) is 0 Å². The molecular weight excluding hydrogens is 276 g/mol. The van der Waals surface area contributed by atoms with Gasteiger partial charge >= 0.3 is 0 Å². The van der Waals surface area contributed by atoms with Crippen molar-refractivity contribution >= 4 is 31.5 Å². The molecule has 3 aromatic rings. The summed E-state index contributed by atoms with van der Waals surface area (Å²) in [4.78, 5) is 7.12. The van der Waals surface area contributed by atoms with Crippen LogP contribution in [-0.2, 0) is 0 Å². The van der Waals surface area contributed by atoms with E-state index >= 15 is 0 Å². The predicted octanol–water partition coefficient (Wildman–Crippen LogP) is 3.91. The van der Waals surface area contributed by atoms with Crippen molar-refractivity contribution in [3.05, 3.63) is 53.9 Å². The Labute approximate surface area is 129 Å². The van der Waals surface area contributed by atoms with Crippen LogP contribution in [0.15, 0.2) is 53.5 Å². The van der Waals surface area contributed by atoms with Gasteiger partial charge in [0.15, 0.2) is 0 Å². The molecule has 108 valence electrons. The molecule has 1 aromatic heterocycles. The number of hydrogen-bond donors (Lipinski definition) is 0. The second-order valence-electron chi connectivity index (χ2n) is 5.48. The van der Waals surface area contributed by atoms with Gasteiger partial charge in [0.05, 0.1) is 5.36 Å². The largest absolute Gasteiger partial charge is 0.309 e. The molecule has 0 radical (unpaired) electrons. The van der Waals surface area contributed by atoms with Crippen molar-refractivity contribution in [2.45, 2.75) is 6.42 Å². The maximum atomic E-state index is 4.91. The fourth-order valence-corrected chi connectivity index (χ4v) is 3.59. The SMILES string of the molecule is CN(C)CCCN=c1c2ccccc2sc2ccccc12. The van der Waals surface area contributed by atoms with Crippen LogP contribution in [0, 0.1) is 0 Å². The van der Waals surface area contributed by atoms with E-state index in [4.69, 9.17) is 4.99 Å². The lowest BCUT2D eigenvalue weighted by atomic mass is 10.2. The maximum absolute atomic E-state index is 4.91. The third-order valence-corrected chi connectivity index (χ3v) is 4.69. The van der Waals surface area contributed by atoms with Crippen molar-refractivity contribution in [1.82, 2.24) is 4.90 Å². The molecule has 0 aliphatic rings. The van der Waals surface area contributed by atoms with Crippen LogP contribution in [0.5, 0.6) is 0 Å². The Hall–Kier alpha value is -1.71. The van der Waals surface area contributed by atoms with Crippen LogP contribution in [0.25, 0.3) is 20.2 Å². The van der Waals surface area contributed by atoms with E-state index < -0.39 is 0 Å². The lowest BCUT2D eigenvalue weighted by Crippen LogP contribution is -2.14. The molecule has 0 spiro atoms. The number of benzene rings is 2. The summed E-state index contributed by atoms with van der Waals surface area (Å²) in [5.41, 5.74) is 0. The fraction of sp³-hybridized carbons (Fsp3) is 0.278. The molecule has 0 atom stereocenters. The van der Waals surface area contributed by atoms with E-state index in [9.17, 15) is 0 Å². The Balaban J connectivity index is 2.13. The van der Waals surface area contributed by atoms with Crippen molar-refractivity contribution < 1.29 is 0 Å². The molecule has 0 fully saturated rings. The van der Waals surface area contributed by atoms with Crippen molar-refractivity contribution in [3.63, 3.8) is 0 Å². The van der Waals surface area contributed by atoms with E-state index in [0.717, 1.165) is 24.9 Å². The summed E-state index contributed by atoms with van der Waals surface area (Å²) in [6, 6.07) is 17.1. The molecule has 0 saturated heterocycles.